The van der Waals surface area contributed by atoms with E-state index in [-0.39, 0.29) is 5.97 Å². The smallest absolute Gasteiger partial charge is 0.302 e. The van der Waals surface area contributed by atoms with Crippen LogP contribution in [0.4, 0.5) is 0 Å². The Kier molecular flexibility index (Phi) is 18.5. The molecule has 0 heterocycles. The van der Waals surface area contributed by atoms with Crippen molar-refractivity contribution in [2.75, 3.05) is 6.61 Å². The number of aldehydes is 1. The van der Waals surface area contributed by atoms with Gasteiger partial charge < -0.3 is 9.53 Å². The molecule has 3 nitrogen and oxygen atoms in total. The third-order valence-electron chi connectivity index (χ3n) is 4.27. The first-order valence-electron chi connectivity index (χ1n) is 9.84. The number of esters is 1. The molecule has 0 aliphatic carbocycles. The summed E-state index contributed by atoms with van der Waals surface area (Å²) >= 11 is 0. The Labute approximate surface area is 143 Å². The SMILES string of the molecule is CC(=O)OCCCCCCCCCCCCCCCCCC=O. The fraction of sp³-hybridized carbons (Fsp3) is 0.900. The molecule has 0 N–H and O–H groups in total. The van der Waals surface area contributed by atoms with E-state index >= 15 is 0 Å². The Morgan fingerprint density at radius 1 is 0.652 bits per heavy atom. The highest BCUT2D eigenvalue weighted by molar-refractivity contribution is 5.65. The monoisotopic (exact) mass is 326 g/mol. The van der Waals surface area contributed by atoms with Gasteiger partial charge in [0.2, 0.25) is 0 Å². The second kappa shape index (κ2) is 19.2. The van der Waals surface area contributed by atoms with E-state index in [1.165, 1.54) is 90.4 Å². The molecule has 0 saturated heterocycles. The Hall–Kier alpha value is -0.860. The summed E-state index contributed by atoms with van der Waals surface area (Å²) < 4.78 is 4.91. The number of ether oxygens (including phenoxy) is 1. The van der Waals surface area contributed by atoms with Crippen LogP contribution in [0.25, 0.3) is 0 Å². The van der Waals surface area contributed by atoms with Gasteiger partial charge >= 0.3 is 5.97 Å². The van der Waals surface area contributed by atoms with Crippen LogP contribution in [0.15, 0.2) is 0 Å². The highest BCUT2D eigenvalue weighted by Crippen LogP contribution is 2.13. The van der Waals surface area contributed by atoms with Crippen molar-refractivity contribution in [1.82, 2.24) is 0 Å². The summed E-state index contributed by atoms with van der Waals surface area (Å²) in [6, 6.07) is 0. The van der Waals surface area contributed by atoms with Crippen LogP contribution in [0, 0.1) is 0 Å². The van der Waals surface area contributed by atoms with E-state index < -0.39 is 0 Å². The van der Waals surface area contributed by atoms with Gasteiger partial charge in [-0.15, -0.1) is 0 Å². The fourth-order valence-corrected chi connectivity index (χ4v) is 2.84. The molecule has 0 unspecified atom stereocenters. The highest BCUT2D eigenvalue weighted by atomic mass is 16.5. The number of hydrogen-bond acceptors (Lipinski definition) is 3. The molecule has 0 aromatic heterocycles. The van der Waals surface area contributed by atoms with Gasteiger partial charge in [0, 0.05) is 13.3 Å². The number of unbranched alkanes of at least 4 members (excludes halogenated alkanes) is 15. The summed E-state index contributed by atoms with van der Waals surface area (Å²) in [5.41, 5.74) is 0. The van der Waals surface area contributed by atoms with Crippen molar-refractivity contribution >= 4 is 12.3 Å². The van der Waals surface area contributed by atoms with Crippen molar-refractivity contribution in [3.8, 4) is 0 Å². The van der Waals surface area contributed by atoms with E-state index in [0.29, 0.717) is 6.61 Å². The van der Waals surface area contributed by atoms with Crippen LogP contribution >= 0.6 is 0 Å². The summed E-state index contributed by atoms with van der Waals surface area (Å²) in [6.07, 6.45) is 21.1. The number of rotatable bonds is 18. The average molecular weight is 327 g/mol. The number of hydrogen-bond donors (Lipinski definition) is 0. The summed E-state index contributed by atoms with van der Waals surface area (Å²) in [5.74, 6) is -0.164. The van der Waals surface area contributed by atoms with Crippen molar-refractivity contribution in [1.29, 1.82) is 0 Å². The molecule has 0 atom stereocenters. The molecule has 0 aromatic carbocycles. The van der Waals surface area contributed by atoms with Gasteiger partial charge in [-0.2, -0.15) is 0 Å². The summed E-state index contributed by atoms with van der Waals surface area (Å²) in [5, 5.41) is 0. The molecule has 23 heavy (non-hydrogen) atoms. The largest absolute Gasteiger partial charge is 0.466 e. The topological polar surface area (TPSA) is 43.4 Å². The second-order valence-corrected chi connectivity index (χ2v) is 6.60. The Morgan fingerprint density at radius 2 is 1.00 bits per heavy atom. The molecule has 0 rings (SSSR count). The molecule has 3 heteroatoms. The van der Waals surface area contributed by atoms with Crippen LogP contribution in [0.2, 0.25) is 0 Å². The zero-order valence-electron chi connectivity index (χ0n) is 15.3. The molecule has 0 aliphatic rings. The third-order valence-corrected chi connectivity index (χ3v) is 4.27. The van der Waals surface area contributed by atoms with Crippen molar-refractivity contribution in [2.45, 2.75) is 110 Å². The summed E-state index contributed by atoms with van der Waals surface area (Å²) in [7, 11) is 0. The summed E-state index contributed by atoms with van der Waals surface area (Å²) in [4.78, 5) is 20.8. The first kappa shape index (κ1) is 22.1. The first-order chi connectivity index (χ1) is 11.3. The van der Waals surface area contributed by atoms with Gasteiger partial charge in [0.15, 0.2) is 0 Å². The van der Waals surface area contributed by atoms with Gasteiger partial charge in [0.25, 0.3) is 0 Å². The van der Waals surface area contributed by atoms with Gasteiger partial charge in [0.1, 0.15) is 6.29 Å². The minimum Gasteiger partial charge on any atom is -0.466 e. The maximum atomic E-state index is 10.6. The lowest BCUT2D eigenvalue weighted by Crippen LogP contribution is -2.00. The van der Waals surface area contributed by atoms with E-state index in [4.69, 9.17) is 4.74 Å². The van der Waals surface area contributed by atoms with Crippen LogP contribution in [0.3, 0.4) is 0 Å². The lowest BCUT2D eigenvalue weighted by atomic mass is 10.0. The van der Waals surface area contributed by atoms with E-state index in [1.807, 2.05) is 0 Å². The van der Waals surface area contributed by atoms with E-state index in [1.54, 1.807) is 0 Å². The van der Waals surface area contributed by atoms with Crippen LogP contribution in [0.5, 0.6) is 0 Å². The fourth-order valence-electron chi connectivity index (χ4n) is 2.84. The molecule has 0 aliphatic heterocycles. The van der Waals surface area contributed by atoms with Crippen LogP contribution in [-0.2, 0) is 14.3 Å². The molecule has 0 radical (unpaired) electrons. The highest BCUT2D eigenvalue weighted by Gasteiger charge is 1.95. The van der Waals surface area contributed by atoms with Crippen molar-refractivity contribution in [2.24, 2.45) is 0 Å². The molecule has 0 saturated carbocycles. The average Bonchev–Trinajstić information content (AvgIpc) is 2.53. The van der Waals surface area contributed by atoms with E-state index in [9.17, 15) is 9.59 Å². The molecule has 0 bridgehead atoms. The molecular formula is C20H38O3. The zero-order valence-corrected chi connectivity index (χ0v) is 15.3. The number of carbonyl (C=O) groups excluding carboxylic acids is 2. The summed E-state index contributed by atoms with van der Waals surface area (Å²) in [6.45, 7) is 2.06. The maximum Gasteiger partial charge on any atom is 0.302 e. The van der Waals surface area contributed by atoms with Gasteiger partial charge in [-0.1, -0.05) is 83.5 Å². The molecular weight excluding hydrogens is 288 g/mol. The predicted molar refractivity (Wildman–Crippen MR) is 96.6 cm³/mol. The lowest BCUT2D eigenvalue weighted by Gasteiger charge is -2.04. The zero-order chi connectivity index (χ0) is 17.0. The Balaban J connectivity index is 2.97. The maximum absolute atomic E-state index is 10.6. The Bertz CT molecular complexity index is 264. The number of carbonyl (C=O) groups is 2. The third kappa shape index (κ3) is 21.1. The second-order valence-electron chi connectivity index (χ2n) is 6.60. The Morgan fingerprint density at radius 3 is 1.35 bits per heavy atom. The van der Waals surface area contributed by atoms with Gasteiger partial charge in [-0.05, 0) is 12.8 Å². The molecule has 0 spiro atoms. The molecule has 136 valence electrons. The predicted octanol–water partition coefficient (Wildman–Crippen LogP) is 5.99. The normalized spacial score (nSPS) is 10.7. The lowest BCUT2D eigenvalue weighted by molar-refractivity contribution is -0.141. The van der Waals surface area contributed by atoms with Crippen molar-refractivity contribution in [3.05, 3.63) is 0 Å². The van der Waals surface area contributed by atoms with Gasteiger partial charge in [-0.3, -0.25) is 4.79 Å². The minimum absolute atomic E-state index is 0.164. The van der Waals surface area contributed by atoms with Crippen LogP contribution in [-0.4, -0.2) is 18.9 Å². The first-order valence-corrected chi connectivity index (χ1v) is 9.84. The molecule has 0 aromatic rings. The van der Waals surface area contributed by atoms with Crippen molar-refractivity contribution < 1.29 is 14.3 Å². The molecule has 0 fully saturated rings. The van der Waals surface area contributed by atoms with Crippen molar-refractivity contribution in [3.63, 3.8) is 0 Å². The minimum atomic E-state index is -0.164. The quantitative estimate of drug-likeness (QED) is 0.176. The van der Waals surface area contributed by atoms with E-state index in [2.05, 4.69) is 0 Å². The molecule has 0 amide bonds. The van der Waals surface area contributed by atoms with Gasteiger partial charge in [-0.25, -0.2) is 0 Å². The van der Waals surface area contributed by atoms with E-state index in [0.717, 1.165) is 25.5 Å². The van der Waals surface area contributed by atoms with Gasteiger partial charge in [0.05, 0.1) is 6.61 Å². The standard InChI is InChI=1S/C20H38O3/c1-20(22)23-19-17-15-13-11-9-7-5-3-2-4-6-8-10-12-14-16-18-21/h18H,2-17,19H2,1H3. The van der Waals surface area contributed by atoms with Crippen LogP contribution in [0.1, 0.15) is 110 Å². The van der Waals surface area contributed by atoms with Crippen LogP contribution < -0.4 is 0 Å².